The molecule has 0 fully saturated rings. The van der Waals surface area contributed by atoms with Gasteiger partial charge in [0, 0.05) is 32.9 Å². The average Bonchev–Trinajstić information content (AvgIpc) is 3.90. The summed E-state index contributed by atoms with van der Waals surface area (Å²) in [4.78, 5) is 0. The van der Waals surface area contributed by atoms with Gasteiger partial charge in [-0.05, 0) is 93.1 Å². The molecule has 10 rings (SSSR count). The lowest BCUT2D eigenvalue weighted by Crippen LogP contribution is -1.94. The van der Waals surface area contributed by atoms with Crippen LogP contribution in [-0.2, 0) is 0 Å². The molecule has 0 aliphatic carbocycles. The lowest BCUT2D eigenvalue weighted by Gasteiger charge is -2.10. The van der Waals surface area contributed by atoms with Crippen LogP contribution in [0, 0.1) is 0 Å². The number of fused-ring (bicyclic) bond motifs is 9. The Morgan fingerprint density at radius 2 is 0.891 bits per heavy atom. The summed E-state index contributed by atoms with van der Waals surface area (Å²) < 4.78 is 253. The number of hydrogen-bond acceptors (Lipinski definition) is 0. The molecule has 46 heavy (non-hydrogen) atoms. The average molecular weight is 613 g/mol. The van der Waals surface area contributed by atoms with Gasteiger partial charge in [-0.1, -0.05) is 109 Å². The van der Waals surface area contributed by atoms with E-state index in [1.165, 1.54) is 0 Å². The summed E-state index contributed by atoms with van der Waals surface area (Å²) in [6.45, 7) is 0. The normalized spacial score (nSPS) is 20.4. The van der Waals surface area contributed by atoms with Crippen molar-refractivity contribution in [2.75, 3.05) is 0 Å². The molecule has 0 atom stereocenters. The zero-order valence-corrected chi connectivity index (χ0v) is 22.9. The molecule has 0 aliphatic rings. The largest absolute Gasteiger partial charge is 0.309 e. The molecule has 0 saturated heterocycles. The molecular formula is C44H28N2. The molecule has 0 amide bonds. The first-order chi connectivity index (χ1) is 34.5. The van der Waals surface area contributed by atoms with Crippen LogP contribution in [0.2, 0.25) is 0 Å². The van der Waals surface area contributed by atoms with E-state index in [4.69, 9.17) is 26.0 Å². The van der Waals surface area contributed by atoms with E-state index in [1.54, 1.807) is 0 Å². The van der Waals surface area contributed by atoms with Crippen LogP contribution in [0.15, 0.2) is 169 Å². The van der Waals surface area contributed by atoms with E-state index in [9.17, 15) is 12.3 Å². The van der Waals surface area contributed by atoms with E-state index in [-0.39, 0.29) is 0 Å². The van der Waals surface area contributed by atoms with E-state index in [0.29, 0.717) is 0 Å². The van der Waals surface area contributed by atoms with Crippen molar-refractivity contribution in [2.24, 2.45) is 0 Å². The third-order valence-electron chi connectivity index (χ3n) is 7.55. The fraction of sp³-hybridized carbons (Fsp3) is 0. The first kappa shape index (κ1) is 10.2. The minimum absolute atomic E-state index is 0.541. The highest BCUT2D eigenvalue weighted by Crippen LogP contribution is 2.40. The quantitative estimate of drug-likeness (QED) is 0.188. The maximum atomic E-state index is 10.0. The van der Waals surface area contributed by atoms with Gasteiger partial charge in [-0.25, -0.2) is 0 Å². The van der Waals surface area contributed by atoms with Crippen LogP contribution in [0.3, 0.4) is 0 Å². The Morgan fingerprint density at radius 3 is 1.72 bits per heavy atom. The van der Waals surface area contributed by atoms with Gasteiger partial charge < -0.3 is 9.13 Å². The molecule has 2 heterocycles. The molecule has 0 bridgehead atoms. The van der Waals surface area contributed by atoms with E-state index >= 15 is 0 Å². The van der Waals surface area contributed by atoms with Crippen LogP contribution in [0.25, 0.3) is 87.7 Å². The number of para-hydroxylation sites is 2. The van der Waals surface area contributed by atoms with Crippen LogP contribution < -0.4 is 0 Å². The lowest BCUT2D eigenvalue weighted by atomic mass is 9.99. The lowest BCUT2D eigenvalue weighted by molar-refractivity contribution is 1.18. The number of benzene rings is 8. The SMILES string of the molecule is [2H]c1c([2H])c([2H])c(-n2c3c([2H])c([2H])c([2H])c([2H])c3c3c([2H])c(-c4c([2H])c([2H])c5c(c4[2H])c4c6c([2H])c([2H])c([2H])c([2H])c6c([2H])c([2H])c4n5-c4c([2H])c([2H])c5c([2H])c([2H])c([2H])c([2H])c5c4[2H])c([2H])c([2H])c32)c([2H])c1[2H]. The van der Waals surface area contributed by atoms with Gasteiger partial charge in [-0.2, -0.15) is 0 Å². The predicted molar refractivity (Wildman–Crippen MR) is 196 cm³/mol. The molecule has 0 radical (unpaired) electrons. The van der Waals surface area contributed by atoms with Crippen molar-refractivity contribution in [2.45, 2.75) is 0 Å². The third kappa shape index (κ3) is 3.65. The molecule has 0 spiro atoms. The summed E-state index contributed by atoms with van der Waals surface area (Å²) in [6.07, 6.45) is 0. The van der Waals surface area contributed by atoms with Crippen LogP contribution in [0.5, 0.6) is 0 Å². The Bertz CT molecular complexity index is 4370. The molecular weight excluding hydrogens is 556 g/mol. The fourth-order valence-electron chi connectivity index (χ4n) is 5.62. The standard InChI is InChI=1S/C44H28N2/c1-2-13-34(14-3-1)45-40-17-9-8-16-37(40)38-27-32(20-23-41(38)45)33-21-24-42-39(28-33)44-36-15-7-6-11-30(36)19-25-43(44)46(42)35-22-18-29-10-4-5-12-31(29)26-35/h1-28H/i1D,2D,3D,4D,5D,6D,7D,8D,9D,10D,11D,12D,13D,14D,15D,16D,17D,18D,19D,20D,21D,22D,23D,24D,25D,26D,27D,28D. The second-order valence-corrected chi connectivity index (χ2v) is 10.0. The number of aromatic nitrogens is 2. The molecule has 10 aromatic rings. The van der Waals surface area contributed by atoms with Crippen molar-refractivity contribution in [3.63, 3.8) is 0 Å². The van der Waals surface area contributed by atoms with Gasteiger partial charge in [0.2, 0.25) is 0 Å². The van der Waals surface area contributed by atoms with Gasteiger partial charge in [0.1, 0.15) is 0 Å². The summed E-state index contributed by atoms with van der Waals surface area (Å²) >= 11 is 0. The van der Waals surface area contributed by atoms with Gasteiger partial charge >= 0.3 is 0 Å². The zero-order valence-electron chi connectivity index (χ0n) is 50.9. The van der Waals surface area contributed by atoms with Crippen LogP contribution in [0.4, 0.5) is 0 Å². The highest BCUT2D eigenvalue weighted by molar-refractivity contribution is 6.22. The molecule has 214 valence electrons. The van der Waals surface area contributed by atoms with Crippen molar-refractivity contribution < 1.29 is 38.4 Å². The summed E-state index contributed by atoms with van der Waals surface area (Å²) in [7, 11) is 0. The number of nitrogens with zero attached hydrogens (tertiary/aromatic N) is 2. The molecule has 2 nitrogen and oxygen atoms in total. The second-order valence-electron chi connectivity index (χ2n) is 10.0. The topological polar surface area (TPSA) is 9.86 Å². The first-order valence-electron chi connectivity index (χ1n) is 27.6. The second kappa shape index (κ2) is 9.69. The number of hydrogen-bond donors (Lipinski definition) is 0. The highest BCUT2D eigenvalue weighted by atomic mass is 15.0. The first-order valence-corrected chi connectivity index (χ1v) is 13.6. The minimum Gasteiger partial charge on any atom is -0.309 e. The van der Waals surface area contributed by atoms with Gasteiger partial charge in [0.15, 0.2) is 0 Å². The van der Waals surface area contributed by atoms with Crippen LogP contribution in [-0.4, -0.2) is 9.13 Å². The molecule has 0 N–H and O–H groups in total. The molecule has 0 saturated carbocycles. The van der Waals surface area contributed by atoms with Crippen molar-refractivity contribution in [1.82, 2.24) is 9.13 Å². The van der Waals surface area contributed by atoms with Gasteiger partial charge in [0.05, 0.1) is 60.4 Å². The number of rotatable bonds is 3. The smallest absolute Gasteiger partial charge is 0.0651 e. The summed E-state index contributed by atoms with van der Waals surface area (Å²) in [5, 5.41) is -4.67. The molecule has 0 unspecified atom stereocenters. The van der Waals surface area contributed by atoms with E-state index in [2.05, 4.69) is 0 Å². The van der Waals surface area contributed by atoms with Crippen molar-refractivity contribution in [3.05, 3.63) is 169 Å². The Labute approximate surface area is 305 Å². The van der Waals surface area contributed by atoms with Crippen molar-refractivity contribution in [1.29, 1.82) is 0 Å². The van der Waals surface area contributed by atoms with Gasteiger partial charge in [-0.15, -0.1) is 0 Å². The fourth-order valence-corrected chi connectivity index (χ4v) is 5.62. The summed E-state index contributed by atoms with van der Waals surface area (Å²) in [6, 6.07) is -25.2. The zero-order chi connectivity index (χ0) is 54.6. The monoisotopic (exact) mass is 612 g/mol. The molecule has 2 aromatic heterocycles. The van der Waals surface area contributed by atoms with Gasteiger partial charge in [-0.3, -0.25) is 0 Å². The Hall–Kier alpha value is -6.12. The molecule has 2 heteroatoms. The highest BCUT2D eigenvalue weighted by Gasteiger charge is 2.17. The molecule has 8 aromatic carbocycles. The van der Waals surface area contributed by atoms with E-state index < -0.39 is 257 Å². The van der Waals surface area contributed by atoms with E-state index in [0.717, 1.165) is 9.13 Å². The summed E-state index contributed by atoms with van der Waals surface area (Å²) in [5.74, 6) is 0. The Balaban J connectivity index is 1.49. The molecule has 0 aliphatic heterocycles. The third-order valence-corrected chi connectivity index (χ3v) is 7.55. The van der Waals surface area contributed by atoms with Gasteiger partial charge in [0.25, 0.3) is 0 Å². The maximum absolute atomic E-state index is 10.0. The van der Waals surface area contributed by atoms with E-state index in [1.807, 2.05) is 0 Å². The minimum atomic E-state index is -1.06. The van der Waals surface area contributed by atoms with Crippen molar-refractivity contribution in [3.8, 4) is 22.5 Å². The maximum Gasteiger partial charge on any atom is 0.0651 e. The Morgan fingerprint density at radius 1 is 0.326 bits per heavy atom. The van der Waals surface area contributed by atoms with Crippen molar-refractivity contribution >= 4 is 65.2 Å². The predicted octanol–water partition coefficient (Wildman–Crippen LogP) is 11.9. The van der Waals surface area contributed by atoms with Crippen LogP contribution in [0.1, 0.15) is 38.4 Å². The Kier molecular flexibility index (Phi) is 2.15. The van der Waals surface area contributed by atoms with Crippen LogP contribution >= 0.6 is 0 Å². The summed E-state index contributed by atoms with van der Waals surface area (Å²) in [5.41, 5.74) is -5.74.